The number of fused-ring (bicyclic) bond motifs is 1. The first-order valence-corrected chi connectivity index (χ1v) is 6.20. The van der Waals surface area contributed by atoms with Crippen molar-refractivity contribution >= 4 is 28.4 Å². The van der Waals surface area contributed by atoms with E-state index in [0.29, 0.717) is 5.39 Å². The molecule has 0 amide bonds. The number of benzene rings is 1. The Kier molecular flexibility index (Phi) is 3.91. The SMILES string of the molecule is CCOC(=O)C([N+]#N)=C(O)n1c(O)c([N+]#N)c2ccccc21. The number of carbonyl (C=O) groups excluding carboxylic acids is 1. The van der Waals surface area contributed by atoms with Gasteiger partial charge in [-0.2, -0.15) is 0 Å². The molecule has 1 aromatic carbocycles. The monoisotopic (exact) mass is 301 g/mol. The van der Waals surface area contributed by atoms with Gasteiger partial charge in [-0.25, -0.2) is 9.36 Å². The van der Waals surface area contributed by atoms with E-state index in [1.807, 2.05) is 0 Å². The fourth-order valence-electron chi connectivity index (χ4n) is 2.00. The normalized spacial score (nSPS) is 11.4. The van der Waals surface area contributed by atoms with E-state index < -0.39 is 23.4 Å². The third-order valence-corrected chi connectivity index (χ3v) is 2.92. The minimum absolute atomic E-state index is 0.000759. The van der Waals surface area contributed by atoms with Crippen LogP contribution in [0.25, 0.3) is 26.7 Å². The number of esters is 1. The number of aromatic hydroxyl groups is 1. The van der Waals surface area contributed by atoms with Gasteiger partial charge in [0, 0.05) is 0 Å². The van der Waals surface area contributed by atoms with Crippen molar-refractivity contribution in [2.75, 3.05) is 6.61 Å². The summed E-state index contributed by atoms with van der Waals surface area (Å²) in [6, 6.07) is 6.27. The molecule has 2 aromatic rings. The number of ether oxygens (including phenoxy) is 1. The minimum Gasteiger partial charge on any atom is -0.488 e. The number of para-hydroxylation sites is 1. The quantitative estimate of drug-likeness (QED) is 0.388. The second kappa shape index (κ2) is 5.81. The Morgan fingerprint density at radius 1 is 1.36 bits per heavy atom. The maximum absolute atomic E-state index is 11.7. The van der Waals surface area contributed by atoms with Gasteiger partial charge < -0.3 is 14.9 Å². The zero-order chi connectivity index (χ0) is 16.3. The van der Waals surface area contributed by atoms with Gasteiger partial charge in [0.2, 0.25) is 10.8 Å². The second-order valence-corrected chi connectivity index (χ2v) is 4.12. The van der Waals surface area contributed by atoms with Gasteiger partial charge in [-0.05, 0) is 19.1 Å². The number of nitrogens with zero attached hydrogens (tertiary/aromatic N) is 5. The largest absolute Gasteiger partial charge is 0.527 e. The van der Waals surface area contributed by atoms with E-state index in [4.69, 9.17) is 10.8 Å². The first-order valence-electron chi connectivity index (χ1n) is 6.20. The number of rotatable bonds is 3. The van der Waals surface area contributed by atoms with E-state index >= 15 is 0 Å². The summed E-state index contributed by atoms with van der Waals surface area (Å²) in [5, 5.41) is 38.5. The Balaban J connectivity index is 2.80. The number of carbonyl (C=O) groups is 1. The van der Waals surface area contributed by atoms with Crippen molar-refractivity contribution in [3.8, 4) is 5.88 Å². The van der Waals surface area contributed by atoms with E-state index in [9.17, 15) is 15.0 Å². The molecule has 110 valence electrons. The fraction of sp³-hybridized carbons (Fsp3) is 0.154. The van der Waals surface area contributed by atoms with Crippen LogP contribution in [-0.4, -0.2) is 27.4 Å². The summed E-state index contributed by atoms with van der Waals surface area (Å²) in [5.41, 5.74) is -0.776. The molecule has 0 atom stereocenters. The average molecular weight is 301 g/mol. The highest BCUT2D eigenvalue weighted by Gasteiger charge is 2.37. The molecule has 1 aromatic heterocycles. The summed E-state index contributed by atoms with van der Waals surface area (Å²) in [5.74, 6) is -2.58. The predicted molar refractivity (Wildman–Crippen MR) is 75.9 cm³/mol. The second-order valence-electron chi connectivity index (χ2n) is 4.12. The number of aliphatic hydroxyl groups is 1. The Morgan fingerprint density at radius 2 is 2.05 bits per heavy atom. The van der Waals surface area contributed by atoms with E-state index in [2.05, 4.69) is 14.7 Å². The molecule has 9 nitrogen and oxygen atoms in total. The van der Waals surface area contributed by atoms with Crippen LogP contribution in [0.2, 0.25) is 0 Å². The van der Waals surface area contributed by atoms with Crippen LogP contribution in [0.3, 0.4) is 0 Å². The minimum atomic E-state index is -1.08. The predicted octanol–water partition coefficient (Wildman–Crippen LogP) is 2.93. The Labute approximate surface area is 123 Å². The highest BCUT2D eigenvalue weighted by molar-refractivity contribution is 6.01. The molecule has 0 bridgehead atoms. The van der Waals surface area contributed by atoms with Gasteiger partial charge in [0.1, 0.15) is 5.39 Å². The standard InChI is InChI=1S/C13H9N5O4/c1-2-22-13(21)10(17-15)12(20)18-8-6-4-3-5-7(8)9(16-14)11(18)19/h3-6H,2H2,1H3/p+2. The summed E-state index contributed by atoms with van der Waals surface area (Å²) in [7, 11) is 0. The average Bonchev–Trinajstić information content (AvgIpc) is 2.79. The van der Waals surface area contributed by atoms with Crippen molar-refractivity contribution in [3.05, 3.63) is 39.9 Å². The van der Waals surface area contributed by atoms with Crippen molar-refractivity contribution in [1.82, 2.24) is 4.57 Å². The fourth-order valence-corrected chi connectivity index (χ4v) is 2.00. The Hall–Kier alpha value is -3.59. The number of aliphatic hydroxyl groups excluding tert-OH is 1. The van der Waals surface area contributed by atoms with Gasteiger partial charge in [0.15, 0.2) is 9.95 Å². The molecule has 0 fully saturated rings. The molecule has 0 saturated heterocycles. The summed E-state index contributed by atoms with van der Waals surface area (Å²) in [4.78, 5) is 17.3. The number of aromatic nitrogens is 1. The molecule has 0 spiro atoms. The maximum Gasteiger partial charge on any atom is 0.527 e. The van der Waals surface area contributed by atoms with Crippen LogP contribution in [0, 0.1) is 10.8 Å². The molecule has 0 radical (unpaired) electrons. The lowest BCUT2D eigenvalue weighted by Gasteiger charge is -2.01. The third kappa shape index (κ3) is 2.17. The first kappa shape index (κ1) is 14.8. The van der Waals surface area contributed by atoms with Crippen LogP contribution >= 0.6 is 0 Å². The van der Waals surface area contributed by atoms with Crippen molar-refractivity contribution in [3.63, 3.8) is 0 Å². The Bertz CT molecular complexity index is 869. The molecule has 0 aliphatic rings. The van der Waals surface area contributed by atoms with Gasteiger partial charge in [-0.3, -0.25) is 0 Å². The van der Waals surface area contributed by atoms with Crippen LogP contribution < -0.4 is 0 Å². The molecule has 0 saturated carbocycles. The molecule has 0 aliphatic carbocycles. The van der Waals surface area contributed by atoms with Gasteiger partial charge in [-0.1, -0.05) is 12.1 Å². The van der Waals surface area contributed by atoms with Gasteiger partial charge >= 0.3 is 23.2 Å². The topological polar surface area (TPSA) is 128 Å². The van der Waals surface area contributed by atoms with Crippen LogP contribution in [0.15, 0.2) is 30.0 Å². The van der Waals surface area contributed by atoms with E-state index in [1.165, 1.54) is 19.1 Å². The van der Waals surface area contributed by atoms with Crippen molar-refractivity contribution in [2.24, 2.45) is 0 Å². The summed E-state index contributed by atoms with van der Waals surface area (Å²) >= 11 is 0. The molecule has 22 heavy (non-hydrogen) atoms. The van der Waals surface area contributed by atoms with Crippen LogP contribution in [0.5, 0.6) is 5.88 Å². The van der Waals surface area contributed by atoms with Gasteiger partial charge in [0.25, 0.3) is 5.88 Å². The van der Waals surface area contributed by atoms with Crippen LogP contribution in [0.1, 0.15) is 6.92 Å². The summed E-state index contributed by atoms with van der Waals surface area (Å²) in [6.45, 7) is 1.54. The molecule has 0 aliphatic heterocycles. The molecule has 2 N–H and O–H groups in total. The lowest BCUT2D eigenvalue weighted by Crippen LogP contribution is -2.10. The van der Waals surface area contributed by atoms with Gasteiger partial charge in [0.05, 0.1) is 12.1 Å². The molecule has 1 heterocycles. The summed E-state index contributed by atoms with van der Waals surface area (Å²) < 4.78 is 5.45. The van der Waals surface area contributed by atoms with Crippen molar-refractivity contribution in [2.45, 2.75) is 6.92 Å². The third-order valence-electron chi connectivity index (χ3n) is 2.92. The molecule has 0 unspecified atom stereocenters. The van der Waals surface area contributed by atoms with Gasteiger partial charge in [-0.15, -0.1) is 0 Å². The number of hydrogen-bond donors (Lipinski definition) is 2. The van der Waals surface area contributed by atoms with Crippen molar-refractivity contribution in [1.29, 1.82) is 10.8 Å². The zero-order valence-corrected chi connectivity index (χ0v) is 11.5. The van der Waals surface area contributed by atoms with Crippen LogP contribution in [0.4, 0.5) is 5.69 Å². The highest BCUT2D eigenvalue weighted by atomic mass is 16.5. The molecule has 2 rings (SSSR count). The summed E-state index contributed by atoms with van der Waals surface area (Å²) in [6.07, 6.45) is 0. The lowest BCUT2D eigenvalue weighted by molar-refractivity contribution is -0.138. The Morgan fingerprint density at radius 3 is 2.64 bits per heavy atom. The number of diazo groups is 2. The number of hydrogen-bond acceptors (Lipinski definition) is 6. The first-order chi connectivity index (χ1) is 10.6. The van der Waals surface area contributed by atoms with E-state index in [-0.39, 0.29) is 17.8 Å². The lowest BCUT2D eigenvalue weighted by atomic mass is 10.2. The zero-order valence-electron chi connectivity index (χ0n) is 11.5. The van der Waals surface area contributed by atoms with Crippen molar-refractivity contribution < 1.29 is 19.7 Å². The smallest absolute Gasteiger partial charge is 0.488 e. The maximum atomic E-state index is 11.7. The van der Waals surface area contributed by atoms with E-state index in [0.717, 1.165) is 4.57 Å². The molecular weight excluding hydrogens is 290 g/mol. The van der Waals surface area contributed by atoms with E-state index in [1.54, 1.807) is 12.1 Å². The highest BCUT2D eigenvalue weighted by Crippen LogP contribution is 2.40. The molecule has 9 heteroatoms. The molecular formula is C13H11N5O4+2. The van der Waals surface area contributed by atoms with Crippen LogP contribution in [-0.2, 0) is 9.53 Å².